The molecule has 0 spiro atoms. The average Bonchev–Trinajstić information content (AvgIpc) is 3.66. The number of aliphatic hydroxyl groups excluding tert-OH is 2. The second kappa shape index (κ2) is 14.6. The van der Waals surface area contributed by atoms with Crippen molar-refractivity contribution in [2.75, 3.05) is 33.3 Å². The molecule has 3 N–H and O–H groups in total. The molecule has 2 aliphatic rings. The van der Waals surface area contributed by atoms with Crippen molar-refractivity contribution in [3.8, 4) is 5.75 Å². The van der Waals surface area contributed by atoms with Crippen LogP contribution in [0.15, 0.2) is 83.8 Å². The van der Waals surface area contributed by atoms with E-state index in [-0.39, 0.29) is 23.9 Å². The van der Waals surface area contributed by atoms with E-state index in [1.807, 2.05) is 54.6 Å². The van der Waals surface area contributed by atoms with Gasteiger partial charge in [0.25, 0.3) is 0 Å². The Balaban J connectivity index is 1.33. The van der Waals surface area contributed by atoms with Gasteiger partial charge in [-0.25, -0.2) is 13.2 Å². The molecule has 0 unspecified atom stereocenters. The van der Waals surface area contributed by atoms with Gasteiger partial charge in [-0.05, 0) is 66.1 Å². The maximum absolute atomic E-state index is 13.8. The molecule has 0 saturated heterocycles. The number of sulfonamides is 1. The topological polar surface area (TPSA) is 119 Å². The second-order valence-corrected chi connectivity index (χ2v) is 13.8. The van der Waals surface area contributed by atoms with Crippen LogP contribution < -0.4 is 10.1 Å². The van der Waals surface area contributed by atoms with E-state index in [1.165, 1.54) is 28.4 Å². The number of nitrogens with one attached hydrogen (secondary N) is 1. The molecular formula is C34H43N3O6S. The zero-order chi connectivity index (χ0) is 31.1. The monoisotopic (exact) mass is 621 g/mol. The van der Waals surface area contributed by atoms with Crippen LogP contribution >= 0.6 is 0 Å². The first-order chi connectivity index (χ1) is 21.2. The zero-order valence-corrected chi connectivity index (χ0v) is 26.0. The first kappa shape index (κ1) is 32.0. The summed E-state index contributed by atoms with van der Waals surface area (Å²) in [5, 5.41) is 25.1. The molecular weight excluding hydrogens is 578 g/mol. The van der Waals surface area contributed by atoms with Crippen molar-refractivity contribution >= 4 is 16.1 Å². The van der Waals surface area contributed by atoms with E-state index in [1.54, 1.807) is 12.1 Å². The number of fused-ring (bicyclic) bond motifs is 1. The second-order valence-electron chi connectivity index (χ2n) is 11.9. The number of ether oxygens (including phenoxy) is 1. The zero-order valence-electron chi connectivity index (χ0n) is 25.2. The largest absolute Gasteiger partial charge is 0.497 e. The van der Waals surface area contributed by atoms with Gasteiger partial charge in [0.1, 0.15) is 5.75 Å². The van der Waals surface area contributed by atoms with Gasteiger partial charge in [0.15, 0.2) is 0 Å². The van der Waals surface area contributed by atoms with Crippen LogP contribution in [0.5, 0.6) is 5.75 Å². The van der Waals surface area contributed by atoms with Crippen molar-refractivity contribution < 1.29 is 28.2 Å². The molecule has 0 aliphatic heterocycles. The van der Waals surface area contributed by atoms with Crippen LogP contribution in [0, 0.1) is 5.92 Å². The van der Waals surface area contributed by atoms with Gasteiger partial charge in [0.2, 0.25) is 10.0 Å². The third kappa shape index (κ3) is 7.79. The van der Waals surface area contributed by atoms with Gasteiger partial charge in [0, 0.05) is 32.6 Å². The lowest BCUT2D eigenvalue weighted by atomic mass is 10.1. The molecule has 3 atom stereocenters. The average molecular weight is 622 g/mol. The molecule has 1 saturated carbocycles. The van der Waals surface area contributed by atoms with E-state index in [4.69, 9.17) is 4.74 Å². The number of benzene rings is 3. The van der Waals surface area contributed by atoms with Crippen LogP contribution in [-0.2, 0) is 22.9 Å². The van der Waals surface area contributed by atoms with E-state index in [0.717, 1.165) is 42.4 Å². The molecule has 10 heteroatoms. The first-order valence-corrected chi connectivity index (χ1v) is 16.9. The van der Waals surface area contributed by atoms with Gasteiger partial charge in [-0.1, -0.05) is 67.4 Å². The maximum Gasteiger partial charge on any atom is 0.318 e. The van der Waals surface area contributed by atoms with Crippen LogP contribution in [-0.4, -0.2) is 79.4 Å². The van der Waals surface area contributed by atoms with Crippen molar-refractivity contribution in [3.05, 3.63) is 95.6 Å². The highest BCUT2D eigenvalue weighted by molar-refractivity contribution is 7.89. The number of amides is 2. The Morgan fingerprint density at radius 2 is 1.66 bits per heavy atom. The SMILES string of the molecule is COc1ccc(S(=O)(=O)N(CC2CCCC2)C[C@@H](O)CN(CCc2ccccc2)C(=O)N[C@H]2c3ccccc3C[C@H]2O)cc1. The van der Waals surface area contributed by atoms with Gasteiger partial charge < -0.3 is 25.2 Å². The van der Waals surface area contributed by atoms with Crippen LogP contribution in [0.25, 0.3) is 0 Å². The minimum Gasteiger partial charge on any atom is -0.497 e. The van der Waals surface area contributed by atoms with Gasteiger partial charge in [-0.3, -0.25) is 0 Å². The summed E-state index contributed by atoms with van der Waals surface area (Å²) in [5.74, 6) is 0.776. The highest BCUT2D eigenvalue weighted by Crippen LogP contribution is 2.32. The Morgan fingerprint density at radius 3 is 2.36 bits per heavy atom. The molecule has 9 nitrogen and oxygen atoms in total. The summed E-state index contributed by atoms with van der Waals surface area (Å²) >= 11 is 0. The number of hydrogen-bond donors (Lipinski definition) is 3. The summed E-state index contributed by atoms with van der Waals surface area (Å²) in [6.07, 6.45) is 3.14. The van der Waals surface area contributed by atoms with Crippen molar-refractivity contribution in [2.24, 2.45) is 5.92 Å². The van der Waals surface area contributed by atoms with Crippen LogP contribution in [0.4, 0.5) is 4.79 Å². The number of hydrogen-bond acceptors (Lipinski definition) is 6. The van der Waals surface area contributed by atoms with Crippen molar-refractivity contribution in [1.29, 1.82) is 0 Å². The fourth-order valence-electron chi connectivity index (χ4n) is 6.35. The lowest BCUT2D eigenvalue weighted by molar-refractivity contribution is 0.0947. The Kier molecular flexibility index (Phi) is 10.6. The highest BCUT2D eigenvalue weighted by atomic mass is 32.2. The molecule has 1 fully saturated rings. The molecule has 236 valence electrons. The fourth-order valence-corrected chi connectivity index (χ4v) is 7.91. The molecule has 0 bridgehead atoms. The third-order valence-electron chi connectivity index (χ3n) is 8.76. The van der Waals surface area contributed by atoms with Crippen molar-refractivity contribution in [3.63, 3.8) is 0 Å². The maximum atomic E-state index is 13.8. The van der Waals surface area contributed by atoms with Crippen LogP contribution in [0.2, 0.25) is 0 Å². The fraction of sp³-hybridized carbons (Fsp3) is 0.441. The molecule has 0 heterocycles. The van der Waals surface area contributed by atoms with E-state index in [2.05, 4.69) is 5.32 Å². The lowest BCUT2D eigenvalue weighted by Crippen LogP contribution is -2.50. The summed E-state index contributed by atoms with van der Waals surface area (Å²) in [6, 6.07) is 22.7. The van der Waals surface area contributed by atoms with Crippen LogP contribution in [0.3, 0.4) is 0 Å². The Hall–Kier alpha value is -3.44. The molecule has 0 radical (unpaired) electrons. The lowest BCUT2D eigenvalue weighted by Gasteiger charge is -2.31. The van der Waals surface area contributed by atoms with E-state index in [0.29, 0.717) is 31.7 Å². The normalized spacial score (nSPS) is 19.1. The number of nitrogens with zero attached hydrogens (tertiary/aromatic N) is 2. The van der Waals surface area contributed by atoms with E-state index >= 15 is 0 Å². The van der Waals surface area contributed by atoms with Gasteiger partial charge in [0.05, 0.1) is 30.3 Å². The predicted octanol–water partition coefficient (Wildman–Crippen LogP) is 4.15. The Morgan fingerprint density at radius 1 is 0.977 bits per heavy atom. The van der Waals surface area contributed by atoms with Crippen LogP contribution in [0.1, 0.15) is 48.4 Å². The minimum atomic E-state index is -3.91. The summed E-state index contributed by atoms with van der Waals surface area (Å²) in [7, 11) is -2.39. The molecule has 3 aromatic carbocycles. The number of methoxy groups -OCH3 is 1. The van der Waals surface area contributed by atoms with Gasteiger partial charge in [-0.15, -0.1) is 0 Å². The highest BCUT2D eigenvalue weighted by Gasteiger charge is 2.34. The van der Waals surface area contributed by atoms with Gasteiger partial charge in [-0.2, -0.15) is 4.31 Å². The number of urea groups is 1. The molecule has 44 heavy (non-hydrogen) atoms. The van der Waals surface area contributed by atoms with Gasteiger partial charge >= 0.3 is 6.03 Å². The van der Waals surface area contributed by atoms with E-state index < -0.39 is 34.3 Å². The molecule has 2 amide bonds. The number of rotatable bonds is 13. The molecule has 2 aliphatic carbocycles. The summed E-state index contributed by atoms with van der Waals surface area (Å²) in [5.41, 5.74) is 2.91. The quantitative estimate of drug-likeness (QED) is 0.264. The third-order valence-corrected chi connectivity index (χ3v) is 10.6. The van der Waals surface area contributed by atoms with E-state index in [9.17, 15) is 23.4 Å². The molecule has 0 aromatic heterocycles. The summed E-state index contributed by atoms with van der Waals surface area (Å²) in [4.78, 5) is 15.4. The summed E-state index contributed by atoms with van der Waals surface area (Å²) < 4.78 is 34.2. The molecule has 5 rings (SSSR count). The standard InChI is InChI=1S/C34H43N3O6S/c1-43-29-15-17-30(18-16-29)44(41,42)37(22-26-11-5-6-12-26)24-28(38)23-36(20-19-25-9-3-2-4-10-25)34(40)35-33-31-14-8-7-13-27(31)21-32(33)39/h2-4,7-10,13-18,26,28,32-33,38-39H,5-6,11-12,19-24H2,1H3,(H,35,40)/t28-,32+,33-/m0/s1. The number of carbonyl (C=O) groups excluding carboxylic acids is 1. The minimum absolute atomic E-state index is 0.0670. The van der Waals surface area contributed by atoms with Crippen molar-refractivity contribution in [1.82, 2.24) is 14.5 Å². The summed E-state index contributed by atoms with van der Waals surface area (Å²) in [6.45, 7) is 0.412. The predicted molar refractivity (Wildman–Crippen MR) is 169 cm³/mol. The Labute approximate surface area is 260 Å². The Bertz CT molecular complexity index is 1480. The van der Waals surface area contributed by atoms with Crippen molar-refractivity contribution in [2.45, 2.75) is 61.7 Å². The molecule has 3 aromatic rings. The first-order valence-electron chi connectivity index (χ1n) is 15.4. The smallest absolute Gasteiger partial charge is 0.318 e. The number of aliphatic hydroxyl groups is 2. The number of carbonyl (C=O) groups is 1.